The molecule has 9 heteroatoms. The van der Waals surface area contributed by atoms with Crippen LogP contribution in [0.1, 0.15) is 5.56 Å². The van der Waals surface area contributed by atoms with Crippen molar-refractivity contribution in [3.63, 3.8) is 0 Å². The van der Waals surface area contributed by atoms with E-state index in [4.69, 9.17) is 11.6 Å². The van der Waals surface area contributed by atoms with Crippen LogP contribution in [0.5, 0.6) is 0 Å². The van der Waals surface area contributed by atoms with E-state index < -0.39 is 10.0 Å². The molecule has 1 amide bonds. The molecule has 3 rings (SSSR count). The molecule has 29 heavy (non-hydrogen) atoms. The fraction of sp³-hybridized carbons (Fsp3) is 0.200. The Kier molecular flexibility index (Phi) is 6.07. The van der Waals surface area contributed by atoms with Gasteiger partial charge in [0.25, 0.3) is 0 Å². The van der Waals surface area contributed by atoms with E-state index in [0.717, 1.165) is 9.87 Å². The van der Waals surface area contributed by atoms with E-state index in [1.54, 1.807) is 60.5 Å². The van der Waals surface area contributed by atoms with Crippen molar-refractivity contribution in [1.29, 1.82) is 0 Å². The van der Waals surface area contributed by atoms with Gasteiger partial charge in [-0.05, 0) is 35.4 Å². The highest BCUT2D eigenvalue weighted by Gasteiger charge is 2.20. The van der Waals surface area contributed by atoms with E-state index >= 15 is 0 Å². The standard InChI is InChI=1S/C20H21ClN4O3S/c1-24(2)29(27,28)18-9-15(16-12-22-25(3)13-16)8-17(11-18)23-20(26)10-14-6-4-5-7-19(14)21/h4-9,11-13H,10H2,1-3H3,(H,23,26). The second-order valence-electron chi connectivity index (χ2n) is 6.75. The Labute approximate surface area is 175 Å². The fourth-order valence-electron chi connectivity index (χ4n) is 2.79. The number of carbonyl (C=O) groups is 1. The summed E-state index contributed by atoms with van der Waals surface area (Å²) in [7, 11) is 1.00. The molecule has 0 saturated carbocycles. The number of sulfonamides is 1. The highest BCUT2D eigenvalue weighted by atomic mass is 35.5. The van der Waals surface area contributed by atoms with Crippen LogP contribution in [0.25, 0.3) is 11.1 Å². The number of amides is 1. The van der Waals surface area contributed by atoms with Crippen LogP contribution in [0.2, 0.25) is 5.02 Å². The van der Waals surface area contributed by atoms with E-state index in [0.29, 0.717) is 21.8 Å². The molecule has 0 unspecified atom stereocenters. The van der Waals surface area contributed by atoms with Crippen LogP contribution >= 0.6 is 11.6 Å². The number of rotatable bonds is 6. The third-order valence-corrected chi connectivity index (χ3v) is 6.48. The first-order chi connectivity index (χ1) is 13.7. The minimum absolute atomic E-state index is 0.0759. The van der Waals surface area contributed by atoms with Crippen LogP contribution in [-0.2, 0) is 28.3 Å². The predicted octanol–water partition coefficient (Wildman–Crippen LogP) is 3.17. The molecule has 0 saturated heterocycles. The van der Waals surface area contributed by atoms with Gasteiger partial charge < -0.3 is 5.32 Å². The molecule has 0 fully saturated rings. The lowest BCUT2D eigenvalue weighted by molar-refractivity contribution is -0.115. The normalized spacial score (nSPS) is 11.6. The number of anilines is 1. The topological polar surface area (TPSA) is 84.3 Å². The Morgan fingerprint density at radius 2 is 1.90 bits per heavy atom. The molecular formula is C20H21ClN4O3S. The number of aromatic nitrogens is 2. The number of benzene rings is 2. The number of hydrogen-bond acceptors (Lipinski definition) is 4. The van der Waals surface area contributed by atoms with E-state index in [9.17, 15) is 13.2 Å². The quantitative estimate of drug-likeness (QED) is 0.648. The zero-order valence-corrected chi connectivity index (χ0v) is 17.8. The molecule has 1 N–H and O–H groups in total. The third-order valence-electron chi connectivity index (χ3n) is 4.32. The Balaban J connectivity index is 1.97. The molecule has 7 nitrogen and oxygen atoms in total. The molecule has 2 aromatic carbocycles. The van der Waals surface area contributed by atoms with Crippen molar-refractivity contribution in [3.05, 3.63) is 65.4 Å². The molecular weight excluding hydrogens is 412 g/mol. The van der Waals surface area contributed by atoms with Gasteiger partial charge in [-0.2, -0.15) is 5.10 Å². The average molecular weight is 433 g/mol. The summed E-state index contributed by atoms with van der Waals surface area (Å²) >= 11 is 6.12. The second kappa shape index (κ2) is 8.36. The molecule has 0 atom stereocenters. The van der Waals surface area contributed by atoms with Crippen LogP contribution in [0, 0.1) is 0 Å². The number of nitrogens with one attached hydrogen (secondary N) is 1. The monoisotopic (exact) mass is 432 g/mol. The van der Waals surface area contributed by atoms with Gasteiger partial charge >= 0.3 is 0 Å². The molecule has 0 radical (unpaired) electrons. The van der Waals surface area contributed by atoms with Crippen molar-refractivity contribution in [2.24, 2.45) is 7.05 Å². The van der Waals surface area contributed by atoms with Gasteiger partial charge in [0.2, 0.25) is 15.9 Å². The van der Waals surface area contributed by atoms with E-state index in [1.807, 2.05) is 0 Å². The summed E-state index contributed by atoms with van der Waals surface area (Å²) in [5.74, 6) is -0.297. The molecule has 1 heterocycles. The maximum absolute atomic E-state index is 12.7. The van der Waals surface area contributed by atoms with Gasteiger partial charge in [0.1, 0.15) is 0 Å². The van der Waals surface area contributed by atoms with Gasteiger partial charge in [-0.15, -0.1) is 0 Å². The Hall–Kier alpha value is -2.68. The Morgan fingerprint density at radius 3 is 2.52 bits per heavy atom. The summed E-state index contributed by atoms with van der Waals surface area (Å²) in [6.45, 7) is 0. The molecule has 0 aliphatic carbocycles. The van der Waals surface area contributed by atoms with Crippen LogP contribution in [0.4, 0.5) is 5.69 Å². The maximum Gasteiger partial charge on any atom is 0.242 e. The lowest BCUT2D eigenvalue weighted by Crippen LogP contribution is -2.22. The number of halogens is 1. The highest BCUT2D eigenvalue weighted by Crippen LogP contribution is 2.28. The second-order valence-corrected chi connectivity index (χ2v) is 9.31. The van der Waals surface area contributed by atoms with Gasteiger partial charge in [-0.25, -0.2) is 12.7 Å². The highest BCUT2D eigenvalue weighted by molar-refractivity contribution is 7.89. The van der Waals surface area contributed by atoms with E-state index in [1.165, 1.54) is 20.2 Å². The number of nitrogens with zero attached hydrogens (tertiary/aromatic N) is 3. The summed E-state index contributed by atoms with van der Waals surface area (Å²) in [4.78, 5) is 12.6. The Morgan fingerprint density at radius 1 is 1.17 bits per heavy atom. The number of carbonyl (C=O) groups excluding carboxylic acids is 1. The van der Waals surface area contributed by atoms with Crippen LogP contribution < -0.4 is 5.32 Å². The minimum Gasteiger partial charge on any atom is -0.326 e. The summed E-state index contributed by atoms with van der Waals surface area (Å²) in [5, 5.41) is 7.41. The number of hydrogen-bond donors (Lipinski definition) is 1. The van der Waals surface area contributed by atoms with Crippen molar-refractivity contribution in [2.45, 2.75) is 11.3 Å². The molecule has 3 aromatic rings. The first kappa shape index (κ1) is 21.0. The van der Waals surface area contributed by atoms with Gasteiger partial charge in [0.05, 0.1) is 17.5 Å². The molecule has 1 aromatic heterocycles. The molecule has 0 bridgehead atoms. The summed E-state index contributed by atoms with van der Waals surface area (Å²) in [6, 6.07) is 11.8. The van der Waals surface area contributed by atoms with Crippen molar-refractivity contribution in [3.8, 4) is 11.1 Å². The summed E-state index contributed by atoms with van der Waals surface area (Å²) < 4.78 is 28.1. The van der Waals surface area contributed by atoms with Gasteiger partial charge in [0, 0.05) is 43.6 Å². The van der Waals surface area contributed by atoms with Crippen molar-refractivity contribution >= 4 is 33.2 Å². The van der Waals surface area contributed by atoms with Crippen LogP contribution in [-0.4, -0.2) is 42.5 Å². The van der Waals surface area contributed by atoms with Crippen molar-refractivity contribution in [1.82, 2.24) is 14.1 Å². The van der Waals surface area contributed by atoms with Crippen LogP contribution in [0.15, 0.2) is 59.8 Å². The largest absolute Gasteiger partial charge is 0.326 e. The summed E-state index contributed by atoms with van der Waals surface area (Å²) in [6.07, 6.45) is 3.49. The Bertz CT molecular complexity index is 1160. The van der Waals surface area contributed by atoms with Gasteiger partial charge in [-0.3, -0.25) is 9.48 Å². The van der Waals surface area contributed by atoms with E-state index in [-0.39, 0.29) is 17.2 Å². The maximum atomic E-state index is 12.7. The number of aryl methyl sites for hydroxylation is 1. The zero-order valence-electron chi connectivity index (χ0n) is 16.3. The minimum atomic E-state index is -3.69. The summed E-state index contributed by atoms with van der Waals surface area (Å²) in [5.41, 5.74) is 2.44. The zero-order chi connectivity index (χ0) is 21.2. The average Bonchev–Trinajstić information content (AvgIpc) is 3.09. The molecule has 0 spiro atoms. The van der Waals surface area contributed by atoms with Gasteiger partial charge in [0.15, 0.2) is 0 Å². The SMILES string of the molecule is CN(C)S(=O)(=O)c1cc(NC(=O)Cc2ccccc2Cl)cc(-c2cnn(C)c2)c1. The molecule has 152 valence electrons. The van der Waals surface area contributed by atoms with Crippen molar-refractivity contribution < 1.29 is 13.2 Å². The lowest BCUT2D eigenvalue weighted by atomic mass is 10.1. The van der Waals surface area contributed by atoms with Crippen LogP contribution in [0.3, 0.4) is 0 Å². The smallest absolute Gasteiger partial charge is 0.242 e. The predicted molar refractivity (Wildman–Crippen MR) is 113 cm³/mol. The first-order valence-electron chi connectivity index (χ1n) is 8.77. The lowest BCUT2D eigenvalue weighted by Gasteiger charge is -2.15. The van der Waals surface area contributed by atoms with Gasteiger partial charge in [-0.1, -0.05) is 29.8 Å². The van der Waals surface area contributed by atoms with Crippen molar-refractivity contribution in [2.75, 3.05) is 19.4 Å². The molecule has 0 aliphatic heterocycles. The third kappa shape index (κ3) is 4.84. The fourth-order valence-corrected chi connectivity index (χ4v) is 3.96. The molecule has 0 aliphatic rings. The van der Waals surface area contributed by atoms with E-state index in [2.05, 4.69) is 10.4 Å². The first-order valence-corrected chi connectivity index (χ1v) is 10.6.